The van der Waals surface area contributed by atoms with E-state index in [4.69, 9.17) is 16.3 Å². The number of anilines is 1. The second-order valence-electron chi connectivity index (χ2n) is 5.04. The molecule has 1 atom stereocenters. The number of fused-ring (bicyclic) bond motifs is 1. The van der Waals surface area contributed by atoms with Gasteiger partial charge in [-0.15, -0.1) is 0 Å². The quantitative estimate of drug-likeness (QED) is 0.862. The van der Waals surface area contributed by atoms with Crippen molar-refractivity contribution in [2.45, 2.75) is 19.9 Å². The molecule has 0 fully saturated rings. The number of carbonyl (C=O) groups excluding carboxylic acids is 1. The van der Waals surface area contributed by atoms with Crippen molar-refractivity contribution >= 4 is 23.5 Å². The van der Waals surface area contributed by atoms with Crippen LogP contribution in [-0.4, -0.2) is 27.8 Å². The maximum Gasteiger partial charge on any atom is 0.338 e. The van der Waals surface area contributed by atoms with E-state index in [-0.39, 0.29) is 0 Å². The average molecular weight is 319 g/mol. The van der Waals surface area contributed by atoms with Gasteiger partial charge < -0.3 is 10.1 Å². The summed E-state index contributed by atoms with van der Waals surface area (Å²) in [6.07, 6.45) is 0. The summed E-state index contributed by atoms with van der Waals surface area (Å²) in [5.41, 5.74) is 2.09. The standard InChI is InChI=1S/C15H15ClN4O2/c1-8-12(14(21)22-3)13(10-4-6-11(16)7-5-10)20-15(17-8)18-9(2)19-20/h4-7,13H,1-3H3,(H,17,18,19). The Hall–Kier alpha value is -2.34. The summed E-state index contributed by atoms with van der Waals surface area (Å²) in [7, 11) is 1.36. The third-order valence-corrected chi connectivity index (χ3v) is 3.80. The Labute approximate surface area is 132 Å². The monoisotopic (exact) mass is 318 g/mol. The van der Waals surface area contributed by atoms with Crippen molar-refractivity contribution in [3.05, 3.63) is 51.9 Å². The van der Waals surface area contributed by atoms with E-state index < -0.39 is 12.0 Å². The number of methoxy groups -OCH3 is 1. The molecule has 0 amide bonds. The van der Waals surface area contributed by atoms with Gasteiger partial charge in [-0.25, -0.2) is 9.48 Å². The Morgan fingerprint density at radius 1 is 1.32 bits per heavy atom. The predicted molar refractivity (Wildman–Crippen MR) is 82.7 cm³/mol. The summed E-state index contributed by atoms with van der Waals surface area (Å²) >= 11 is 5.96. The molecule has 114 valence electrons. The van der Waals surface area contributed by atoms with E-state index in [1.807, 2.05) is 19.1 Å². The van der Waals surface area contributed by atoms with Crippen LogP contribution in [0.5, 0.6) is 0 Å². The van der Waals surface area contributed by atoms with Crippen LogP contribution >= 0.6 is 11.6 Å². The maximum atomic E-state index is 12.2. The highest BCUT2D eigenvalue weighted by molar-refractivity contribution is 6.30. The summed E-state index contributed by atoms with van der Waals surface area (Å²) in [5.74, 6) is 0.826. The molecule has 1 aromatic carbocycles. The van der Waals surface area contributed by atoms with Crippen molar-refractivity contribution in [3.63, 3.8) is 0 Å². The molecule has 1 N–H and O–H groups in total. The lowest BCUT2D eigenvalue weighted by Gasteiger charge is -2.27. The summed E-state index contributed by atoms with van der Waals surface area (Å²) in [4.78, 5) is 16.6. The van der Waals surface area contributed by atoms with Crippen LogP contribution in [0.4, 0.5) is 5.95 Å². The number of rotatable bonds is 2. The van der Waals surface area contributed by atoms with Crippen molar-refractivity contribution < 1.29 is 9.53 Å². The lowest BCUT2D eigenvalue weighted by atomic mass is 9.96. The summed E-state index contributed by atoms with van der Waals surface area (Å²) in [5, 5.41) is 8.13. The molecule has 0 radical (unpaired) electrons. The molecule has 22 heavy (non-hydrogen) atoms. The van der Waals surface area contributed by atoms with Gasteiger partial charge in [0.1, 0.15) is 11.9 Å². The molecule has 0 saturated carbocycles. The molecule has 1 aromatic heterocycles. The number of benzene rings is 1. The Morgan fingerprint density at radius 3 is 2.64 bits per heavy atom. The van der Waals surface area contributed by atoms with Gasteiger partial charge in [-0.3, -0.25) is 0 Å². The van der Waals surface area contributed by atoms with Gasteiger partial charge >= 0.3 is 5.97 Å². The number of ether oxygens (including phenoxy) is 1. The smallest absolute Gasteiger partial charge is 0.338 e. The first-order valence-electron chi connectivity index (χ1n) is 6.76. The number of carbonyl (C=O) groups is 1. The van der Waals surface area contributed by atoms with Crippen LogP contribution < -0.4 is 5.32 Å². The van der Waals surface area contributed by atoms with Gasteiger partial charge in [-0.2, -0.15) is 10.1 Å². The van der Waals surface area contributed by atoms with Gasteiger partial charge in [-0.1, -0.05) is 23.7 Å². The number of allylic oxidation sites excluding steroid dienone is 1. The van der Waals surface area contributed by atoms with Gasteiger partial charge in [0.25, 0.3) is 0 Å². The zero-order valence-corrected chi connectivity index (χ0v) is 13.2. The van der Waals surface area contributed by atoms with Crippen molar-refractivity contribution in [3.8, 4) is 0 Å². The molecule has 2 aromatic rings. The van der Waals surface area contributed by atoms with E-state index in [0.29, 0.717) is 28.1 Å². The normalized spacial score (nSPS) is 17.0. The minimum atomic E-state index is -0.401. The van der Waals surface area contributed by atoms with Crippen molar-refractivity contribution in [1.29, 1.82) is 0 Å². The van der Waals surface area contributed by atoms with Gasteiger partial charge in [0.05, 0.1) is 12.7 Å². The first kappa shape index (κ1) is 14.6. The molecule has 0 bridgehead atoms. The fourth-order valence-corrected chi connectivity index (χ4v) is 2.71. The molecule has 0 aliphatic carbocycles. The van der Waals surface area contributed by atoms with Gasteiger partial charge in [-0.05, 0) is 31.5 Å². The van der Waals surface area contributed by atoms with Crippen LogP contribution in [0, 0.1) is 6.92 Å². The van der Waals surface area contributed by atoms with Gasteiger partial charge in [0.2, 0.25) is 5.95 Å². The number of esters is 1. The summed E-state index contributed by atoms with van der Waals surface area (Å²) in [6.45, 7) is 3.63. The van der Waals surface area contributed by atoms with Gasteiger partial charge in [0.15, 0.2) is 0 Å². The number of aromatic nitrogens is 3. The van der Waals surface area contributed by atoms with Crippen molar-refractivity contribution in [2.75, 3.05) is 12.4 Å². The zero-order valence-electron chi connectivity index (χ0n) is 12.4. The first-order chi connectivity index (χ1) is 10.5. The number of aryl methyl sites for hydroxylation is 1. The van der Waals surface area contributed by atoms with E-state index in [1.54, 1.807) is 23.7 Å². The molecule has 0 saturated heterocycles. The highest BCUT2D eigenvalue weighted by Gasteiger charge is 2.34. The van der Waals surface area contributed by atoms with Crippen LogP contribution in [0.3, 0.4) is 0 Å². The van der Waals surface area contributed by atoms with E-state index >= 15 is 0 Å². The van der Waals surface area contributed by atoms with E-state index in [0.717, 1.165) is 5.56 Å². The van der Waals surface area contributed by atoms with Crippen LogP contribution in [0.1, 0.15) is 24.4 Å². The summed E-state index contributed by atoms with van der Waals surface area (Å²) in [6, 6.07) is 6.91. The number of halogens is 1. The third-order valence-electron chi connectivity index (χ3n) is 3.55. The fraction of sp³-hybridized carbons (Fsp3) is 0.267. The Morgan fingerprint density at radius 2 is 2.00 bits per heavy atom. The van der Waals surface area contributed by atoms with Crippen LogP contribution in [0.25, 0.3) is 0 Å². The lowest BCUT2D eigenvalue weighted by molar-refractivity contribution is -0.136. The molecule has 2 heterocycles. The second-order valence-corrected chi connectivity index (χ2v) is 5.47. The minimum absolute atomic E-state index is 0.399. The minimum Gasteiger partial charge on any atom is -0.466 e. The Bertz CT molecular complexity index is 764. The fourth-order valence-electron chi connectivity index (χ4n) is 2.59. The van der Waals surface area contributed by atoms with E-state index in [9.17, 15) is 4.79 Å². The third kappa shape index (κ3) is 2.35. The Balaban J connectivity index is 2.19. The van der Waals surface area contributed by atoms with Crippen molar-refractivity contribution in [2.24, 2.45) is 0 Å². The predicted octanol–water partition coefficient (Wildman–Crippen LogP) is 2.70. The van der Waals surface area contributed by atoms with Crippen molar-refractivity contribution in [1.82, 2.24) is 14.8 Å². The average Bonchev–Trinajstić information content (AvgIpc) is 2.86. The molecule has 1 unspecified atom stereocenters. The molecule has 0 spiro atoms. The van der Waals surface area contributed by atoms with Crippen LogP contribution in [0.2, 0.25) is 5.02 Å². The highest BCUT2D eigenvalue weighted by atomic mass is 35.5. The SMILES string of the molecule is COC(=O)C1=C(C)Nc2nc(C)nn2C1c1ccc(Cl)cc1. The largest absolute Gasteiger partial charge is 0.466 e. The topological polar surface area (TPSA) is 69.0 Å². The molecular weight excluding hydrogens is 304 g/mol. The number of hydrogen-bond acceptors (Lipinski definition) is 5. The highest BCUT2D eigenvalue weighted by Crippen LogP contribution is 2.35. The lowest BCUT2D eigenvalue weighted by Crippen LogP contribution is -2.29. The van der Waals surface area contributed by atoms with Gasteiger partial charge in [0, 0.05) is 10.7 Å². The molecule has 1 aliphatic heterocycles. The maximum absolute atomic E-state index is 12.2. The molecule has 1 aliphatic rings. The van der Waals surface area contributed by atoms with E-state index in [2.05, 4.69) is 15.4 Å². The molecule has 6 nitrogen and oxygen atoms in total. The Kier molecular flexibility index (Phi) is 3.62. The number of nitrogens with one attached hydrogen (secondary N) is 1. The van der Waals surface area contributed by atoms with Crippen LogP contribution in [0.15, 0.2) is 35.5 Å². The summed E-state index contributed by atoms with van der Waals surface area (Å²) < 4.78 is 6.63. The molecule has 7 heteroatoms. The first-order valence-corrected chi connectivity index (χ1v) is 7.13. The van der Waals surface area contributed by atoms with Crippen LogP contribution in [-0.2, 0) is 9.53 Å². The zero-order chi connectivity index (χ0) is 15.9. The molecular formula is C15H15ClN4O2. The van der Waals surface area contributed by atoms with E-state index in [1.165, 1.54) is 7.11 Å². The second kappa shape index (κ2) is 5.46. The number of nitrogens with zero attached hydrogens (tertiary/aromatic N) is 3. The molecule has 3 rings (SSSR count). The number of hydrogen-bond donors (Lipinski definition) is 1.